The Kier molecular flexibility index (Phi) is 5.07. The molecular formula is C13H17NO3. The Labute approximate surface area is 101 Å². The summed E-state index contributed by atoms with van der Waals surface area (Å²) in [5.41, 5.74) is 0.994. The van der Waals surface area contributed by atoms with Gasteiger partial charge in [-0.3, -0.25) is 4.79 Å². The van der Waals surface area contributed by atoms with Gasteiger partial charge >= 0.3 is 0 Å². The van der Waals surface area contributed by atoms with E-state index in [2.05, 4.69) is 5.32 Å². The molecule has 1 N–H and O–H groups in total. The maximum Gasteiger partial charge on any atom is 0.217 e. The first-order chi connectivity index (χ1) is 8.17. The van der Waals surface area contributed by atoms with E-state index >= 15 is 0 Å². The van der Waals surface area contributed by atoms with Gasteiger partial charge in [0.2, 0.25) is 5.91 Å². The minimum absolute atomic E-state index is 0.0399. The molecule has 0 saturated carbocycles. The molecule has 0 atom stereocenters. The van der Waals surface area contributed by atoms with Gasteiger partial charge in [0.25, 0.3) is 0 Å². The Balaban J connectivity index is 2.68. The zero-order chi connectivity index (χ0) is 12.7. The Hall–Kier alpha value is -1.97. The monoisotopic (exact) mass is 235 g/mol. The molecule has 0 aliphatic carbocycles. The number of hydrogen-bond acceptors (Lipinski definition) is 3. The molecule has 4 heteroatoms. The number of methoxy groups -OCH3 is 2. The SMILES string of the molecule is COc1ccc(C=CCNC(C)=O)cc1OC. The lowest BCUT2D eigenvalue weighted by molar-refractivity contribution is -0.118. The molecule has 0 saturated heterocycles. The number of carbonyl (C=O) groups is 1. The van der Waals surface area contributed by atoms with E-state index in [4.69, 9.17) is 9.47 Å². The van der Waals surface area contributed by atoms with Gasteiger partial charge in [-0.05, 0) is 17.7 Å². The number of ether oxygens (including phenoxy) is 2. The predicted octanol–water partition coefficient (Wildman–Crippen LogP) is 1.85. The Morgan fingerprint density at radius 2 is 2.00 bits per heavy atom. The largest absolute Gasteiger partial charge is 0.493 e. The lowest BCUT2D eigenvalue weighted by atomic mass is 10.2. The van der Waals surface area contributed by atoms with Gasteiger partial charge in [-0.2, -0.15) is 0 Å². The van der Waals surface area contributed by atoms with Crippen LogP contribution in [0.5, 0.6) is 11.5 Å². The molecule has 4 nitrogen and oxygen atoms in total. The second-order valence-electron chi connectivity index (χ2n) is 3.45. The maximum absolute atomic E-state index is 10.7. The van der Waals surface area contributed by atoms with Gasteiger partial charge < -0.3 is 14.8 Å². The van der Waals surface area contributed by atoms with Gasteiger partial charge in [-0.25, -0.2) is 0 Å². The van der Waals surface area contributed by atoms with E-state index in [9.17, 15) is 4.79 Å². The molecule has 1 rings (SSSR count). The van der Waals surface area contributed by atoms with Gasteiger partial charge in [0.15, 0.2) is 11.5 Å². The van der Waals surface area contributed by atoms with Gasteiger partial charge in [0.05, 0.1) is 14.2 Å². The molecule has 1 aromatic carbocycles. The first kappa shape index (κ1) is 13.1. The van der Waals surface area contributed by atoms with Crippen LogP contribution in [0, 0.1) is 0 Å². The number of amides is 1. The maximum atomic E-state index is 10.7. The van der Waals surface area contributed by atoms with E-state index in [1.165, 1.54) is 6.92 Å². The van der Waals surface area contributed by atoms with Crippen molar-refractivity contribution in [2.75, 3.05) is 20.8 Å². The van der Waals surface area contributed by atoms with Crippen LogP contribution in [0.3, 0.4) is 0 Å². The van der Waals surface area contributed by atoms with Crippen molar-refractivity contribution in [3.63, 3.8) is 0 Å². The highest BCUT2D eigenvalue weighted by atomic mass is 16.5. The molecule has 1 amide bonds. The fraction of sp³-hybridized carbons (Fsp3) is 0.308. The minimum atomic E-state index is -0.0399. The van der Waals surface area contributed by atoms with Crippen molar-refractivity contribution in [3.05, 3.63) is 29.8 Å². The van der Waals surface area contributed by atoms with Crippen LogP contribution in [-0.4, -0.2) is 26.7 Å². The van der Waals surface area contributed by atoms with E-state index in [0.29, 0.717) is 18.0 Å². The summed E-state index contributed by atoms with van der Waals surface area (Å²) in [5, 5.41) is 2.69. The molecule has 0 aliphatic rings. The number of benzene rings is 1. The van der Waals surface area contributed by atoms with E-state index in [0.717, 1.165) is 5.56 Å². The number of hydrogen-bond donors (Lipinski definition) is 1. The highest BCUT2D eigenvalue weighted by Gasteiger charge is 2.02. The second-order valence-corrected chi connectivity index (χ2v) is 3.45. The highest BCUT2D eigenvalue weighted by Crippen LogP contribution is 2.27. The van der Waals surface area contributed by atoms with Gasteiger partial charge in [0, 0.05) is 13.5 Å². The molecule has 92 valence electrons. The quantitative estimate of drug-likeness (QED) is 0.847. The number of carbonyl (C=O) groups excluding carboxylic acids is 1. The molecule has 0 fully saturated rings. The third kappa shape index (κ3) is 4.18. The van der Waals surface area contributed by atoms with Crippen molar-refractivity contribution in [1.29, 1.82) is 0 Å². The van der Waals surface area contributed by atoms with Crippen molar-refractivity contribution in [2.45, 2.75) is 6.92 Å². The minimum Gasteiger partial charge on any atom is -0.493 e. The standard InChI is InChI=1S/C13H17NO3/c1-10(15)14-8-4-5-11-6-7-12(16-2)13(9-11)17-3/h4-7,9H,8H2,1-3H3,(H,14,15). The zero-order valence-electron chi connectivity index (χ0n) is 10.3. The van der Waals surface area contributed by atoms with Crippen molar-refractivity contribution in [3.8, 4) is 11.5 Å². The number of nitrogens with one attached hydrogen (secondary N) is 1. The molecule has 0 heterocycles. The van der Waals surface area contributed by atoms with Crippen molar-refractivity contribution in [2.24, 2.45) is 0 Å². The third-order valence-electron chi connectivity index (χ3n) is 2.19. The van der Waals surface area contributed by atoms with Crippen molar-refractivity contribution < 1.29 is 14.3 Å². The predicted molar refractivity (Wildman–Crippen MR) is 67.3 cm³/mol. The molecule has 0 aliphatic heterocycles. The summed E-state index contributed by atoms with van der Waals surface area (Å²) in [5.74, 6) is 1.35. The summed E-state index contributed by atoms with van der Waals surface area (Å²) in [7, 11) is 3.20. The van der Waals surface area contributed by atoms with Crippen LogP contribution >= 0.6 is 0 Å². The van der Waals surface area contributed by atoms with Crippen LogP contribution in [0.1, 0.15) is 12.5 Å². The summed E-state index contributed by atoms with van der Waals surface area (Å²) < 4.78 is 10.3. The molecular weight excluding hydrogens is 218 g/mol. The summed E-state index contributed by atoms with van der Waals surface area (Å²) >= 11 is 0. The fourth-order valence-corrected chi connectivity index (χ4v) is 1.35. The molecule has 1 aromatic rings. The summed E-state index contributed by atoms with van der Waals surface area (Å²) in [6.45, 7) is 2.01. The molecule has 0 bridgehead atoms. The van der Waals surface area contributed by atoms with Crippen LogP contribution in [0.25, 0.3) is 6.08 Å². The summed E-state index contributed by atoms with van der Waals surface area (Å²) in [6.07, 6.45) is 3.79. The van der Waals surface area contributed by atoms with Crippen LogP contribution in [0.2, 0.25) is 0 Å². The summed E-state index contributed by atoms with van der Waals surface area (Å²) in [6, 6.07) is 5.64. The molecule has 0 aromatic heterocycles. The zero-order valence-corrected chi connectivity index (χ0v) is 10.3. The van der Waals surface area contributed by atoms with E-state index in [-0.39, 0.29) is 5.91 Å². The van der Waals surface area contributed by atoms with Gasteiger partial charge in [0.1, 0.15) is 0 Å². The van der Waals surface area contributed by atoms with Crippen LogP contribution in [0.15, 0.2) is 24.3 Å². The van der Waals surface area contributed by atoms with E-state index in [1.807, 2.05) is 30.4 Å². The first-order valence-electron chi connectivity index (χ1n) is 5.30. The van der Waals surface area contributed by atoms with Gasteiger partial charge in [-0.15, -0.1) is 0 Å². The second kappa shape index (κ2) is 6.58. The van der Waals surface area contributed by atoms with Crippen LogP contribution in [0.4, 0.5) is 0 Å². The Morgan fingerprint density at radius 1 is 1.29 bits per heavy atom. The average molecular weight is 235 g/mol. The van der Waals surface area contributed by atoms with Crippen molar-refractivity contribution >= 4 is 12.0 Å². The van der Waals surface area contributed by atoms with Crippen molar-refractivity contribution in [1.82, 2.24) is 5.32 Å². The average Bonchev–Trinajstić information content (AvgIpc) is 2.34. The molecule has 0 radical (unpaired) electrons. The van der Waals surface area contributed by atoms with E-state index < -0.39 is 0 Å². The lowest BCUT2D eigenvalue weighted by Crippen LogP contribution is -2.19. The molecule has 0 spiro atoms. The lowest BCUT2D eigenvalue weighted by Gasteiger charge is -2.07. The van der Waals surface area contributed by atoms with Crippen LogP contribution < -0.4 is 14.8 Å². The molecule has 0 unspecified atom stereocenters. The van der Waals surface area contributed by atoms with Gasteiger partial charge in [-0.1, -0.05) is 18.2 Å². The first-order valence-corrected chi connectivity index (χ1v) is 5.30. The highest BCUT2D eigenvalue weighted by molar-refractivity contribution is 5.73. The van der Waals surface area contributed by atoms with Crippen LogP contribution in [-0.2, 0) is 4.79 Å². The molecule has 17 heavy (non-hydrogen) atoms. The van der Waals surface area contributed by atoms with E-state index in [1.54, 1.807) is 14.2 Å². The normalized spacial score (nSPS) is 10.3. The third-order valence-corrected chi connectivity index (χ3v) is 2.19. The fourth-order valence-electron chi connectivity index (χ4n) is 1.35. The number of rotatable bonds is 5. The Morgan fingerprint density at radius 3 is 2.59 bits per heavy atom. The Bertz CT molecular complexity index is 413. The topological polar surface area (TPSA) is 47.6 Å². The smallest absolute Gasteiger partial charge is 0.217 e. The summed E-state index contributed by atoms with van der Waals surface area (Å²) in [4.78, 5) is 10.7.